The van der Waals surface area contributed by atoms with Crippen molar-refractivity contribution >= 4 is 8.32 Å². The molecule has 0 saturated carbocycles. The van der Waals surface area contributed by atoms with Crippen LogP contribution < -0.4 is 0 Å². The molecule has 98 valence electrons. The third-order valence-corrected chi connectivity index (χ3v) is 3.18. The maximum Gasteiger partial charge on any atom is 0.183 e. The van der Waals surface area contributed by atoms with E-state index in [1.54, 1.807) is 0 Å². The normalized spacial score (nSPS) is 13.1. The molecule has 0 aromatic heterocycles. The lowest BCUT2D eigenvalue weighted by atomic mass is 10.2. The highest BCUT2D eigenvalue weighted by molar-refractivity contribution is 6.69. The second-order valence-corrected chi connectivity index (χ2v) is 10.8. The van der Waals surface area contributed by atoms with Gasteiger partial charge in [0.25, 0.3) is 0 Å². The molecule has 0 N–H and O–H groups in total. The minimum Gasteiger partial charge on any atom is -0.418 e. The van der Waals surface area contributed by atoms with E-state index in [0.717, 1.165) is 13.2 Å². The van der Waals surface area contributed by atoms with Crippen LogP contribution in [0.15, 0.2) is 0 Å². The number of ether oxygens (including phenoxy) is 1. The van der Waals surface area contributed by atoms with E-state index in [4.69, 9.17) is 9.16 Å². The van der Waals surface area contributed by atoms with Crippen LogP contribution in [0, 0.1) is 0 Å². The molecule has 0 aliphatic carbocycles. The van der Waals surface area contributed by atoms with Crippen molar-refractivity contribution in [2.75, 3.05) is 13.2 Å². The Kier molecular flexibility index (Phi) is 7.52. The van der Waals surface area contributed by atoms with Gasteiger partial charge in [-0.05, 0) is 53.3 Å². The van der Waals surface area contributed by atoms with Crippen LogP contribution in [-0.4, -0.2) is 27.1 Å². The molecule has 2 nitrogen and oxygen atoms in total. The molecular weight excluding hydrogens is 216 g/mol. The van der Waals surface area contributed by atoms with E-state index in [9.17, 15) is 0 Å². The van der Waals surface area contributed by atoms with E-state index in [-0.39, 0.29) is 5.60 Å². The van der Waals surface area contributed by atoms with Gasteiger partial charge in [0, 0.05) is 13.2 Å². The molecule has 0 aliphatic rings. The summed E-state index contributed by atoms with van der Waals surface area (Å²) in [6, 6.07) is 0. The molecule has 0 spiro atoms. The highest BCUT2D eigenvalue weighted by Gasteiger charge is 2.13. The van der Waals surface area contributed by atoms with Gasteiger partial charge in [0.15, 0.2) is 8.32 Å². The number of hydrogen-bond acceptors (Lipinski definition) is 2. The summed E-state index contributed by atoms with van der Waals surface area (Å²) < 4.78 is 11.5. The average Bonchev–Trinajstić information content (AvgIpc) is 2.06. The van der Waals surface area contributed by atoms with Gasteiger partial charge in [-0.25, -0.2) is 0 Å². The Labute approximate surface area is 103 Å². The zero-order chi connectivity index (χ0) is 12.7. The lowest BCUT2D eigenvalue weighted by Crippen LogP contribution is -2.25. The highest BCUT2D eigenvalue weighted by Crippen LogP contribution is 2.10. The van der Waals surface area contributed by atoms with E-state index >= 15 is 0 Å². The summed E-state index contributed by atoms with van der Waals surface area (Å²) >= 11 is 0. The van der Waals surface area contributed by atoms with Crippen molar-refractivity contribution in [1.82, 2.24) is 0 Å². The molecule has 0 fully saturated rings. The summed E-state index contributed by atoms with van der Waals surface area (Å²) in [4.78, 5) is 0. The predicted molar refractivity (Wildman–Crippen MR) is 73.5 cm³/mol. The quantitative estimate of drug-likeness (QED) is 0.472. The second-order valence-electron chi connectivity index (χ2n) is 6.34. The summed E-state index contributed by atoms with van der Waals surface area (Å²) in [6.45, 7) is 14.9. The molecule has 0 aromatic carbocycles. The number of unbranched alkanes of at least 4 members (excludes halogenated alkanes) is 3. The predicted octanol–water partition coefficient (Wildman–Crippen LogP) is 4.21. The van der Waals surface area contributed by atoms with Gasteiger partial charge in [-0.1, -0.05) is 12.8 Å². The zero-order valence-electron chi connectivity index (χ0n) is 12.1. The first-order valence-electron chi connectivity index (χ1n) is 6.49. The molecule has 0 bridgehead atoms. The molecule has 0 rings (SSSR count). The zero-order valence-corrected chi connectivity index (χ0v) is 13.1. The average molecular weight is 246 g/mol. The first-order chi connectivity index (χ1) is 7.21. The van der Waals surface area contributed by atoms with Crippen molar-refractivity contribution in [2.24, 2.45) is 0 Å². The SMILES string of the molecule is CC(C)(C)OCCCCCCO[Si](C)(C)C. The molecule has 0 atom stereocenters. The van der Waals surface area contributed by atoms with E-state index < -0.39 is 8.32 Å². The van der Waals surface area contributed by atoms with Gasteiger partial charge in [-0.15, -0.1) is 0 Å². The standard InChI is InChI=1S/C13H30O2Si/c1-13(2,3)14-11-9-7-8-10-12-15-16(4,5)6/h7-12H2,1-6H3. The first kappa shape index (κ1) is 16.1. The fourth-order valence-corrected chi connectivity index (χ4v) is 2.07. The summed E-state index contributed by atoms with van der Waals surface area (Å²) in [6.07, 6.45) is 4.88. The summed E-state index contributed by atoms with van der Waals surface area (Å²) in [5.74, 6) is 0. The molecule has 0 aliphatic heterocycles. The first-order valence-corrected chi connectivity index (χ1v) is 9.89. The molecule has 3 heteroatoms. The van der Waals surface area contributed by atoms with Crippen molar-refractivity contribution < 1.29 is 9.16 Å². The van der Waals surface area contributed by atoms with Crippen molar-refractivity contribution in [3.8, 4) is 0 Å². The van der Waals surface area contributed by atoms with Gasteiger partial charge in [-0.2, -0.15) is 0 Å². The monoisotopic (exact) mass is 246 g/mol. The largest absolute Gasteiger partial charge is 0.418 e. The fraction of sp³-hybridized carbons (Fsp3) is 1.00. The van der Waals surface area contributed by atoms with Crippen molar-refractivity contribution in [3.63, 3.8) is 0 Å². The lowest BCUT2D eigenvalue weighted by Gasteiger charge is -2.19. The molecule has 0 radical (unpaired) electrons. The Hall–Kier alpha value is 0.137. The van der Waals surface area contributed by atoms with Crippen molar-refractivity contribution in [1.29, 1.82) is 0 Å². The van der Waals surface area contributed by atoms with Gasteiger partial charge >= 0.3 is 0 Å². The van der Waals surface area contributed by atoms with Crippen LogP contribution in [0.2, 0.25) is 19.6 Å². The van der Waals surface area contributed by atoms with Gasteiger partial charge in [0.2, 0.25) is 0 Å². The van der Waals surface area contributed by atoms with Crippen LogP contribution in [-0.2, 0) is 9.16 Å². The minimum atomic E-state index is -1.28. The van der Waals surface area contributed by atoms with E-state index in [1.807, 2.05) is 0 Å². The summed E-state index contributed by atoms with van der Waals surface area (Å²) in [7, 11) is -1.28. The summed E-state index contributed by atoms with van der Waals surface area (Å²) in [5.41, 5.74) is 0.0148. The molecule has 0 heterocycles. The van der Waals surface area contributed by atoms with Crippen LogP contribution in [0.25, 0.3) is 0 Å². The van der Waals surface area contributed by atoms with Crippen LogP contribution in [0.5, 0.6) is 0 Å². The van der Waals surface area contributed by atoms with Crippen LogP contribution in [0.1, 0.15) is 46.5 Å². The Bertz CT molecular complexity index is 148. The smallest absolute Gasteiger partial charge is 0.183 e. The third kappa shape index (κ3) is 14.1. The third-order valence-electron chi connectivity index (χ3n) is 2.11. The number of hydrogen-bond donors (Lipinski definition) is 0. The van der Waals surface area contributed by atoms with Crippen molar-refractivity contribution in [3.05, 3.63) is 0 Å². The Balaban J connectivity index is 3.17. The lowest BCUT2D eigenvalue weighted by molar-refractivity contribution is -0.00481. The van der Waals surface area contributed by atoms with E-state index in [0.29, 0.717) is 0 Å². The second kappa shape index (κ2) is 7.46. The molecule has 0 saturated heterocycles. The molecule has 16 heavy (non-hydrogen) atoms. The molecule has 0 amide bonds. The molecular formula is C13H30O2Si. The van der Waals surface area contributed by atoms with Crippen LogP contribution in [0.4, 0.5) is 0 Å². The number of rotatable bonds is 8. The Morgan fingerprint density at radius 1 is 0.812 bits per heavy atom. The van der Waals surface area contributed by atoms with Gasteiger partial charge in [0.05, 0.1) is 5.60 Å². The Morgan fingerprint density at radius 2 is 1.31 bits per heavy atom. The Morgan fingerprint density at radius 3 is 1.75 bits per heavy atom. The molecule has 0 unspecified atom stereocenters. The van der Waals surface area contributed by atoms with Gasteiger partial charge < -0.3 is 9.16 Å². The van der Waals surface area contributed by atoms with Crippen molar-refractivity contribution in [2.45, 2.75) is 71.7 Å². The minimum absolute atomic E-state index is 0.0148. The maximum atomic E-state index is 5.80. The fourth-order valence-electron chi connectivity index (χ4n) is 1.31. The maximum absolute atomic E-state index is 5.80. The summed E-state index contributed by atoms with van der Waals surface area (Å²) in [5, 5.41) is 0. The highest BCUT2D eigenvalue weighted by atomic mass is 28.4. The van der Waals surface area contributed by atoms with Gasteiger partial charge in [-0.3, -0.25) is 0 Å². The van der Waals surface area contributed by atoms with Crippen LogP contribution >= 0.6 is 0 Å². The van der Waals surface area contributed by atoms with Gasteiger partial charge in [0.1, 0.15) is 0 Å². The van der Waals surface area contributed by atoms with Crippen LogP contribution in [0.3, 0.4) is 0 Å². The molecule has 0 aromatic rings. The topological polar surface area (TPSA) is 18.5 Å². The van der Waals surface area contributed by atoms with E-state index in [1.165, 1.54) is 25.7 Å². The van der Waals surface area contributed by atoms with E-state index in [2.05, 4.69) is 40.4 Å².